The summed E-state index contributed by atoms with van der Waals surface area (Å²) in [4.78, 5) is 34.2. The molecule has 0 bridgehead atoms. The van der Waals surface area contributed by atoms with Crippen molar-refractivity contribution in [1.29, 1.82) is 0 Å². The Labute approximate surface area is 240 Å². The molecule has 9 heteroatoms. The lowest BCUT2D eigenvalue weighted by Gasteiger charge is -2.28. The second-order valence-electron chi connectivity index (χ2n) is 10.6. The number of carboxylic acids is 1. The maximum absolute atomic E-state index is 11.9. The minimum atomic E-state index is -0.975. The van der Waals surface area contributed by atoms with Crippen LogP contribution in [0.15, 0.2) is 24.3 Å². The number of likely N-dealkylation sites (N-methyl/N-ethyl adjacent to an activating group) is 1. The first kappa shape index (κ1) is 48.9. The van der Waals surface area contributed by atoms with E-state index >= 15 is 0 Å². The molecule has 8 nitrogen and oxygen atoms in total. The number of hydrogen-bond acceptors (Lipinski definition) is 4. The predicted octanol–water partition coefficient (Wildman–Crippen LogP) is 2.91. The van der Waals surface area contributed by atoms with Gasteiger partial charge >= 0.3 is 5.97 Å². The van der Waals surface area contributed by atoms with E-state index in [-0.39, 0.29) is 64.9 Å². The summed E-state index contributed by atoms with van der Waals surface area (Å²) in [6, 6.07) is 6.12. The number of hydrogen-bond donors (Lipinski definition) is 4. The number of amides is 2. The minimum Gasteiger partial charge on any atom is -1.00 e. The summed E-state index contributed by atoms with van der Waals surface area (Å²) in [5.41, 5.74) is 0.0428. The quantitative estimate of drug-likeness (QED) is 0.326. The molecule has 0 aromatic heterocycles. The summed E-state index contributed by atoms with van der Waals surface area (Å²) in [5.74, 6) is -1.03. The van der Waals surface area contributed by atoms with Gasteiger partial charge in [0.1, 0.15) is 12.6 Å². The van der Waals surface area contributed by atoms with Crippen LogP contribution in [0.25, 0.3) is 0 Å². The van der Waals surface area contributed by atoms with Crippen LogP contribution in [-0.4, -0.2) is 72.8 Å². The van der Waals surface area contributed by atoms with Crippen molar-refractivity contribution in [2.45, 2.75) is 90.2 Å². The Bertz CT molecular complexity index is 788. The van der Waals surface area contributed by atoms with Crippen LogP contribution in [0.4, 0.5) is 5.69 Å². The maximum atomic E-state index is 11.9. The molecule has 4 N–H and O–H groups in total. The number of aliphatic hydroxyl groups is 1. The fourth-order valence-electron chi connectivity index (χ4n) is 2.46. The van der Waals surface area contributed by atoms with E-state index in [1.54, 1.807) is 12.1 Å². The van der Waals surface area contributed by atoms with Crippen LogP contribution in [0.3, 0.4) is 0 Å². The highest BCUT2D eigenvalue weighted by Gasteiger charge is 2.26. The number of anilines is 1. The molecule has 0 saturated heterocycles. The number of quaternary nitrogens is 1. The van der Waals surface area contributed by atoms with Gasteiger partial charge in [0.25, 0.3) is 0 Å². The van der Waals surface area contributed by atoms with Gasteiger partial charge in [0.15, 0.2) is 0 Å². The van der Waals surface area contributed by atoms with Gasteiger partial charge in [-0.25, -0.2) is 4.79 Å². The molecule has 0 spiro atoms. The Morgan fingerprint density at radius 2 is 1.24 bits per heavy atom. The molecule has 0 aliphatic carbocycles. The van der Waals surface area contributed by atoms with E-state index in [2.05, 4.69) is 10.6 Å². The number of aliphatic hydroxyl groups excluding tert-OH is 1. The third-order valence-corrected chi connectivity index (χ3v) is 5.64. The molecular weight excluding hydrogens is 506 g/mol. The topological polar surface area (TPSA) is 116 Å². The molecule has 1 atom stereocenters. The van der Waals surface area contributed by atoms with Crippen molar-refractivity contribution in [2.75, 3.05) is 39.5 Å². The van der Waals surface area contributed by atoms with Crippen molar-refractivity contribution in [1.82, 2.24) is 5.32 Å². The highest BCUT2D eigenvalue weighted by molar-refractivity contribution is 5.95. The van der Waals surface area contributed by atoms with Gasteiger partial charge in [0.05, 0.1) is 26.7 Å². The third-order valence-electron chi connectivity index (χ3n) is 5.64. The Balaban J connectivity index is -0.000000119. The van der Waals surface area contributed by atoms with E-state index in [9.17, 15) is 19.5 Å². The molecule has 0 fully saturated rings. The molecule has 0 aliphatic heterocycles. The molecule has 1 rings (SSSR count). The van der Waals surface area contributed by atoms with E-state index in [1.165, 1.54) is 12.1 Å². The average Bonchev–Trinajstić information content (AvgIpc) is 2.71. The summed E-state index contributed by atoms with van der Waals surface area (Å²) >= 11 is 0. The van der Waals surface area contributed by atoms with Crippen molar-refractivity contribution in [2.24, 2.45) is 10.8 Å². The number of nitrogens with zero attached hydrogens (tertiary/aromatic N) is 1. The molecule has 38 heavy (non-hydrogen) atoms. The molecule has 1 aromatic carbocycles. The number of benzene rings is 1. The lowest BCUT2D eigenvalue weighted by atomic mass is 9.89. The highest BCUT2D eigenvalue weighted by Crippen LogP contribution is 2.22. The molecule has 1 aromatic rings. The van der Waals surface area contributed by atoms with E-state index < -0.39 is 17.5 Å². The van der Waals surface area contributed by atoms with E-state index in [0.717, 1.165) is 12.8 Å². The van der Waals surface area contributed by atoms with E-state index in [1.807, 2.05) is 62.7 Å². The Hall–Kier alpha value is -2.16. The molecule has 228 valence electrons. The Kier molecular flexibility index (Phi) is 26.7. The van der Waals surface area contributed by atoms with Gasteiger partial charge in [-0.2, -0.15) is 0 Å². The van der Waals surface area contributed by atoms with Crippen molar-refractivity contribution >= 4 is 23.5 Å². The lowest BCUT2D eigenvalue weighted by molar-refractivity contribution is -0.873. The number of halogens is 1. The zero-order chi connectivity index (χ0) is 26.0. The number of rotatable bonds is 10. The average molecular weight is 566 g/mol. The first-order chi connectivity index (χ1) is 14.9. The fraction of sp³-hybridized carbons (Fsp3) is 0.690. The molecular formula is C29H60ClN3O5. The first-order valence-corrected chi connectivity index (χ1v) is 11.4. The van der Waals surface area contributed by atoms with Gasteiger partial charge in [-0.1, -0.05) is 71.2 Å². The number of carbonyl (C=O) groups excluding carboxylic acids is 2. The number of nitrogens with one attached hydrogen (secondary N) is 2. The van der Waals surface area contributed by atoms with E-state index in [4.69, 9.17) is 5.11 Å². The van der Waals surface area contributed by atoms with Gasteiger partial charge < -0.3 is 37.7 Å². The second kappa shape index (κ2) is 20.8. The standard InChI is InChI=1S/C13H17NO3.C12H26N2O2.4CH4.ClH/c1-4-13(2,3)12(17)14-10-7-5-9(6-8-10)11(15)16;1-7-12(2,3)11(16)13-8-10(15)9-14(4,5)6;;;;;/h5-8H,4H2,1-3H3,(H,14,17)(H,15,16);10,15H,7-9H2,1-6H3;4*1H4;1H. The number of aromatic carboxylic acids is 1. The largest absolute Gasteiger partial charge is 1.00 e. The summed E-state index contributed by atoms with van der Waals surface area (Å²) < 4.78 is 0.689. The van der Waals surface area contributed by atoms with Crippen LogP contribution >= 0.6 is 0 Å². The van der Waals surface area contributed by atoms with Gasteiger partial charge in [-0.15, -0.1) is 0 Å². The maximum Gasteiger partial charge on any atom is 0.335 e. The minimum absolute atomic E-state index is 0. The van der Waals surface area contributed by atoms with Crippen molar-refractivity contribution in [3.05, 3.63) is 29.8 Å². The molecule has 2 amide bonds. The van der Waals surface area contributed by atoms with E-state index in [0.29, 0.717) is 23.3 Å². The zero-order valence-electron chi connectivity index (χ0n) is 22.2. The number of carboxylic acid groups (broad SMARTS) is 1. The van der Waals surface area contributed by atoms with Crippen LogP contribution in [-0.2, 0) is 9.59 Å². The molecule has 0 saturated carbocycles. The summed E-state index contributed by atoms with van der Waals surface area (Å²) in [6.07, 6.45) is 1.05. The first-order valence-electron chi connectivity index (χ1n) is 11.4. The van der Waals surface area contributed by atoms with Crippen molar-refractivity contribution in [3.63, 3.8) is 0 Å². The molecule has 0 heterocycles. The van der Waals surface area contributed by atoms with Crippen LogP contribution in [0.2, 0.25) is 0 Å². The molecule has 0 aliphatic rings. The monoisotopic (exact) mass is 565 g/mol. The zero-order valence-corrected chi connectivity index (χ0v) is 22.9. The van der Waals surface area contributed by atoms with Gasteiger partial charge in [-0.3, -0.25) is 9.59 Å². The lowest BCUT2D eigenvalue weighted by Crippen LogP contribution is -3.00. The Morgan fingerprint density at radius 1 is 0.842 bits per heavy atom. The normalized spacial score (nSPS) is 11.1. The van der Waals surface area contributed by atoms with Crippen molar-refractivity contribution in [3.8, 4) is 0 Å². The second-order valence-corrected chi connectivity index (χ2v) is 10.6. The van der Waals surface area contributed by atoms with Crippen LogP contribution in [0.5, 0.6) is 0 Å². The highest BCUT2D eigenvalue weighted by atomic mass is 35.5. The SMILES string of the molecule is C.C.C.C.CCC(C)(C)C(=O)NCC(O)C[N+](C)(C)C.CCC(C)(C)C(=O)Nc1ccc(C(=O)O)cc1.[Cl-]. The summed E-state index contributed by atoms with van der Waals surface area (Å²) in [6.45, 7) is 12.5. The van der Waals surface area contributed by atoms with Crippen LogP contribution in [0.1, 0.15) is 94.4 Å². The van der Waals surface area contributed by atoms with Gasteiger partial charge in [0, 0.05) is 23.1 Å². The van der Waals surface area contributed by atoms with Gasteiger partial charge in [-0.05, 0) is 37.1 Å². The molecule has 0 radical (unpaired) electrons. The van der Waals surface area contributed by atoms with Crippen LogP contribution < -0.4 is 23.0 Å². The third kappa shape index (κ3) is 19.0. The van der Waals surface area contributed by atoms with Crippen LogP contribution in [0, 0.1) is 10.8 Å². The smallest absolute Gasteiger partial charge is 0.335 e. The fourth-order valence-corrected chi connectivity index (χ4v) is 2.46. The Morgan fingerprint density at radius 3 is 1.58 bits per heavy atom. The molecule has 1 unspecified atom stereocenters. The predicted molar refractivity (Wildman–Crippen MR) is 159 cm³/mol. The summed E-state index contributed by atoms with van der Waals surface area (Å²) in [7, 11) is 6.04. The van der Waals surface area contributed by atoms with Crippen molar-refractivity contribution < 1.29 is 41.5 Å². The summed E-state index contributed by atoms with van der Waals surface area (Å²) in [5, 5.41) is 24.0. The van der Waals surface area contributed by atoms with Gasteiger partial charge in [0.2, 0.25) is 11.8 Å². The number of carbonyl (C=O) groups is 3.